The number of allylic oxidation sites excluding steroid dienone is 4. The van der Waals surface area contributed by atoms with E-state index in [1.165, 1.54) is 244 Å². The first-order valence-electron chi connectivity index (χ1n) is 33.2. The minimum absolute atomic E-state index is 0.329. The van der Waals surface area contributed by atoms with Gasteiger partial charge in [-0.15, -0.1) is 0 Å². The van der Waals surface area contributed by atoms with Crippen LogP contribution in [0, 0.1) is 11.3 Å². The second-order valence-corrected chi connectivity index (χ2v) is 23.5. The lowest BCUT2D eigenvalue weighted by Crippen LogP contribution is -2.48. The van der Waals surface area contributed by atoms with Crippen LogP contribution in [0.1, 0.15) is 344 Å². The van der Waals surface area contributed by atoms with Gasteiger partial charge in [0.15, 0.2) is 5.78 Å². The van der Waals surface area contributed by atoms with E-state index in [4.69, 9.17) is 35.7 Å². The van der Waals surface area contributed by atoms with Gasteiger partial charge in [-0.25, -0.2) is 0 Å². The molecule has 5 atom stereocenters. The zero-order chi connectivity index (χ0) is 60.8. The normalized spacial score (nSPS) is 13.3. The molecule has 0 aromatic carbocycles. The fourth-order valence-corrected chi connectivity index (χ4v) is 9.55. The van der Waals surface area contributed by atoms with Crippen molar-refractivity contribution in [1.29, 1.82) is 0 Å². The van der Waals surface area contributed by atoms with Gasteiger partial charge in [0.25, 0.3) is 0 Å². The fourth-order valence-electron chi connectivity index (χ4n) is 9.55. The Morgan fingerprint density at radius 2 is 0.625 bits per heavy atom. The van der Waals surface area contributed by atoms with E-state index >= 15 is 0 Å². The van der Waals surface area contributed by atoms with Gasteiger partial charge in [0, 0.05) is 12.8 Å². The summed E-state index contributed by atoms with van der Waals surface area (Å²) in [5, 5.41) is 71.0. The Kier molecular flexibility index (Phi) is 68.6. The van der Waals surface area contributed by atoms with E-state index in [0.29, 0.717) is 18.8 Å². The summed E-state index contributed by atoms with van der Waals surface area (Å²) in [6.45, 7) is 13.2. The molecule has 0 heterocycles. The molecule has 0 amide bonds. The first kappa shape index (κ1) is 83.8. The van der Waals surface area contributed by atoms with Crippen molar-refractivity contribution in [3.63, 3.8) is 0 Å². The topological polar surface area (TPSA) is 230 Å². The highest BCUT2D eigenvalue weighted by Gasteiger charge is 2.36. The number of aliphatic hydroxyl groups is 5. The van der Waals surface area contributed by atoms with Crippen molar-refractivity contribution in [3.05, 3.63) is 24.3 Å². The first-order chi connectivity index (χ1) is 38.4. The zero-order valence-corrected chi connectivity index (χ0v) is 53.1. The second kappa shape index (κ2) is 65.5. The van der Waals surface area contributed by atoms with Gasteiger partial charge in [0.05, 0.1) is 12.0 Å². The number of carbonyl (C=O) groups is 4. The average molecular weight is 1140 g/mol. The fraction of sp³-hybridized carbons (Fsp3) is 0.882. The van der Waals surface area contributed by atoms with E-state index in [9.17, 15) is 24.3 Å². The van der Waals surface area contributed by atoms with Crippen LogP contribution in [0.4, 0.5) is 0 Å². The molecule has 0 aliphatic carbocycles. The smallest absolute Gasteiger partial charge is 0.309 e. The Morgan fingerprint density at radius 3 is 0.863 bits per heavy atom. The number of hydrogen-bond acceptors (Lipinski definition) is 9. The summed E-state index contributed by atoms with van der Waals surface area (Å²) >= 11 is 0. The molecule has 0 spiro atoms. The molecule has 12 nitrogen and oxygen atoms in total. The highest BCUT2D eigenvalue weighted by Crippen LogP contribution is 2.36. The van der Waals surface area contributed by atoms with Gasteiger partial charge >= 0.3 is 17.9 Å². The molecular formula is C68H132O12. The lowest BCUT2D eigenvalue weighted by molar-refractivity contribution is -0.150. The number of carboxylic acid groups (broad SMARTS) is 3. The molecule has 12 heteroatoms. The predicted octanol–water partition coefficient (Wildman–Crippen LogP) is 18.0. The summed E-state index contributed by atoms with van der Waals surface area (Å²) in [5.41, 5.74) is -0.581. The largest absolute Gasteiger partial charge is 0.481 e. The molecule has 0 radical (unpaired) electrons. The minimum atomic E-state index is -1.79. The summed E-state index contributed by atoms with van der Waals surface area (Å²) in [6, 6.07) is 0. The third-order valence-corrected chi connectivity index (χ3v) is 15.4. The summed E-state index contributed by atoms with van der Waals surface area (Å²) in [6.07, 6.45) is 59.0. The van der Waals surface area contributed by atoms with Crippen molar-refractivity contribution in [1.82, 2.24) is 0 Å². The Labute approximate surface area is 492 Å². The Balaban J connectivity index is -0.000000495. The SMILES string of the molecule is CC(=O)[C@H](O)[C@@H](O)[C@H](O)[C@H](O)CO.CCCCCCCC/C=C\CCCCCCCC(=O)O.CCCCCCCC/C=C\CCCCCCCC(=O)O.CCCCCCCCCCCCC(CCCCCCCC)C(C)(C)C(=O)O. The molecule has 1 unspecified atom stereocenters. The monoisotopic (exact) mass is 1140 g/mol. The highest BCUT2D eigenvalue weighted by molar-refractivity contribution is 5.80. The van der Waals surface area contributed by atoms with Crippen molar-refractivity contribution in [3.8, 4) is 0 Å². The summed E-state index contributed by atoms with van der Waals surface area (Å²) < 4.78 is 0. The predicted molar refractivity (Wildman–Crippen MR) is 335 cm³/mol. The van der Waals surface area contributed by atoms with Gasteiger partial charge < -0.3 is 40.9 Å². The second-order valence-electron chi connectivity index (χ2n) is 23.5. The summed E-state index contributed by atoms with van der Waals surface area (Å²) in [7, 11) is 0. The molecular weight excluding hydrogens is 1010 g/mol. The maximum absolute atomic E-state index is 11.7. The molecule has 0 saturated heterocycles. The maximum Gasteiger partial charge on any atom is 0.309 e. The first-order valence-corrected chi connectivity index (χ1v) is 33.2. The molecule has 0 aliphatic heterocycles. The van der Waals surface area contributed by atoms with Crippen LogP contribution < -0.4 is 0 Å². The molecule has 0 rings (SSSR count). The van der Waals surface area contributed by atoms with Gasteiger partial charge in [-0.1, -0.05) is 257 Å². The number of carbonyl (C=O) groups excluding carboxylic acids is 1. The van der Waals surface area contributed by atoms with E-state index < -0.39 is 60.1 Å². The highest BCUT2D eigenvalue weighted by atomic mass is 16.4. The van der Waals surface area contributed by atoms with Crippen LogP contribution in [0.5, 0.6) is 0 Å². The number of ketones is 1. The molecule has 8 N–H and O–H groups in total. The average Bonchev–Trinajstić information content (AvgIpc) is 3.43. The van der Waals surface area contributed by atoms with E-state index in [1.54, 1.807) is 0 Å². The quantitative estimate of drug-likeness (QED) is 0.0210. The van der Waals surface area contributed by atoms with Crippen molar-refractivity contribution in [2.75, 3.05) is 6.61 Å². The van der Waals surface area contributed by atoms with E-state index in [-0.39, 0.29) is 0 Å². The number of Topliss-reactive ketones (excluding diaryl/α,β-unsaturated/α-hetero) is 1. The van der Waals surface area contributed by atoms with Crippen molar-refractivity contribution in [2.45, 2.75) is 368 Å². The Bertz CT molecular complexity index is 1330. The zero-order valence-electron chi connectivity index (χ0n) is 53.1. The number of carboxylic acids is 3. The summed E-state index contributed by atoms with van der Waals surface area (Å²) in [4.78, 5) is 42.9. The van der Waals surface area contributed by atoms with Crippen LogP contribution >= 0.6 is 0 Å². The molecule has 0 aromatic rings. The van der Waals surface area contributed by atoms with Crippen LogP contribution in [0.15, 0.2) is 24.3 Å². The lowest BCUT2D eigenvalue weighted by atomic mass is 9.73. The van der Waals surface area contributed by atoms with Crippen LogP contribution in [0.3, 0.4) is 0 Å². The van der Waals surface area contributed by atoms with E-state index in [2.05, 4.69) is 52.0 Å². The molecule has 0 fully saturated rings. The Hall–Kier alpha value is -2.64. The van der Waals surface area contributed by atoms with Gasteiger partial charge in [0.1, 0.15) is 24.4 Å². The number of hydrogen-bond donors (Lipinski definition) is 8. The molecule has 0 aromatic heterocycles. The van der Waals surface area contributed by atoms with Crippen molar-refractivity contribution < 1.29 is 60.0 Å². The van der Waals surface area contributed by atoms with E-state index in [0.717, 1.165) is 45.4 Å². The number of unbranched alkanes of at least 4 members (excludes halogenated alkanes) is 36. The van der Waals surface area contributed by atoms with Crippen LogP contribution in [-0.2, 0) is 19.2 Å². The molecule has 80 heavy (non-hydrogen) atoms. The Morgan fingerprint density at radius 1 is 0.375 bits per heavy atom. The number of aliphatic carboxylic acids is 3. The minimum Gasteiger partial charge on any atom is -0.481 e. The third-order valence-electron chi connectivity index (χ3n) is 15.4. The molecule has 476 valence electrons. The third kappa shape index (κ3) is 63.0. The van der Waals surface area contributed by atoms with E-state index in [1.807, 2.05) is 13.8 Å². The lowest BCUT2D eigenvalue weighted by Gasteiger charge is -2.30. The van der Waals surface area contributed by atoms with Crippen LogP contribution in [0.25, 0.3) is 0 Å². The molecule has 0 bridgehead atoms. The van der Waals surface area contributed by atoms with Gasteiger partial charge in [-0.05, 0) is 104 Å². The van der Waals surface area contributed by atoms with Crippen LogP contribution in [-0.4, -0.2) is 95.6 Å². The van der Waals surface area contributed by atoms with Gasteiger partial charge in [-0.2, -0.15) is 0 Å². The van der Waals surface area contributed by atoms with Gasteiger partial charge in [0.2, 0.25) is 0 Å². The summed E-state index contributed by atoms with van der Waals surface area (Å²) in [5.74, 6) is -2.34. The van der Waals surface area contributed by atoms with Crippen molar-refractivity contribution in [2.24, 2.45) is 11.3 Å². The molecule has 0 aliphatic rings. The van der Waals surface area contributed by atoms with Crippen molar-refractivity contribution >= 4 is 23.7 Å². The number of rotatable bonds is 55. The maximum atomic E-state index is 11.7. The van der Waals surface area contributed by atoms with Gasteiger partial charge in [-0.3, -0.25) is 19.2 Å². The molecule has 0 saturated carbocycles. The number of aliphatic hydroxyl groups excluding tert-OH is 5. The standard InChI is InChI=1S/C25H50O2.2C18H34O2.C7H14O6/c1-5-7-9-11-13-14-15-16-18-20-22-23(25(3,4)24(26)27)21-19-17-12-10-8-6-2;2*1-2-3-4-5-6-7-8-9-10-11-12-13-14-15-16-17-18(19)20;1-3(9)5(11)7(13)6(12)4(10)2-8/h23H,5-22H2,1-4H3,(H,26,27);2*9-10H,2-8,11-17H2,1H3,(H,19,20);4-8,10-13H,2H2,1H3/b;2*10-9-;/t;;;4-,5+,6-,7-/m...1/s1. The van der Waals surface area contributed by atoms with Crippen LogP contribution in [0.2, 0.25) is 0 Å².